The zero-order valence-electron chi connectivity index (χ0n) is 11.4. The maximum atomic E-state index is 11.3. The van der Waals surface area contributed by atoms with E-state index in [2.05, 4.69) is 17.2 Å². The van der Waals surface area contributed by atoms with Gasteiger partial charge in [-0.1, -0.05) is 25.5 Å². The van der Waals surface area contributed by atoms with Crippen molar-refractivity contribution in [3.8, 4) is 0 Å². The second kappa shape index (κ2) is 8.63. The fourth-order valence-electron chi connectivity index (χ4n) is 1.90. The van der Waals surface area contributed by atoms with Crippen molar-refractivity contribution < 1.29 is 9.90 Å². The standard InChI is InChI=1S/C14H23N3O2/c1-2-3-8-17(9-10-18)11-12-4-6-13(7-5-12)14(19)16-15/h4-7,18H,2-3,8-11,15H2,1H3,(H,16,19). The number of carbonyl (C=O) groups excluding carboxylic acids is 1. The highest BCUT2D eigenvalue weighted by Crippen LogP contribution is 2.08. The van der Waals surface area contributed by atoms with Crippen molar-refractivity contribution in [3.63, 3.8) is 0 Å². The first-order chi connectivity index (χ1) is 9.21. The molecule has 0 saturated carbocycles. The highest BCUT2D eigenvalue weighted by Gasteiger charge is 2.06. The number of hydrogen-bond donors (Lipinski definition) is 3. The van der Waals surface area contributed by atoms with Crippen molar-refractivity contribution >= 4 is 5.91 Å². The van der Waals surface area contributed by atoms with Crippen molar-refractivity contribution in [1.82, 2.24) is 10.3 Å². The fourth-order valence-corrected chi connectivity index (χ4v) is 1.90. The van der Waals surface area contributed by atoms with Crippen LogP contribution < -0.4 is 11.3 Å². The van der Waals surface area contributed by atoms with E-state index < -0.39 is 0 Å². The molecule has 1 aromatic rings. The van der Waals surface area contributed by atoms with Crippen LogP contribution in [0.4, 0.5) is 0 Å². The molecule has 1 aromatic carbocycles. The Bertz CT molecular complexity index is 379. The van der Waals surface area contributed by atoms with Gasteiger partial charge in [0.2, 0.25) is 0 Å². The summed E-state index contributed by atoms with van der Waals surface area (Å²) < 4.78 is 0. The van der Waals surface area contributed by atoms with Gasteiger partial charge in [-0.3, -0.25) is 15.1 Å². The molecule has 0 heterocycles. The molecule has 106 valence electrons. The van der Waals surface area contributed by atoms with Gasteiger partial charge in [0.15, 0.2) is 0 Å². The average molecular weight is 265 g/mol. The topological polar surface area (TPSA) is 78.6 Å². The number of aliphatic hydroxyl groups excluding tert-OH is 1. The van der Waals surface area contributed by atoms with Crippen LogP contribution in [0, 0.1) is 0 Å². The highest BCUT2D eigenvalue weighted by molar-refractivity contribution is 5.93. The van der Waals surface area contributed by atoms with Crippen LogP contribution in [0.25, 0.3) is 0 Å². The normalized spacial score (nSPS) is 10.7. The smallest absolute Gasteiger partial charge is 0.265 e. The molecule has 0 atom stereocenters. The third kappa shape index (κ3) is 5.38. The number of nitrogen functional groups attached to an aromatic ring is 1. The van der Waals surface area contributed by atoms with Crippen molar-refractivity contribution in [2.24, 2.45) is 5.84 Å². The lowest BCUT2D eigenvalue weighted by Gasteiger charge is -2.21. The fraction of sp³-hybridized carbons (Fsp3) is 0.500. The molecule has 0 saturated heterocycles. The summed E-state index contributed by atoms with van der Waals surface area (Å²) in [5, 5.41) is 9.05. The maximum Gasteiger partial charge on any atom is 0.265 e. The van der Waals surface area contributed by atoms with Crippen molar-refractivity contribution in [2.45, 2.75) is 26.3 Å². The zero-order valence-corrected chi connectivity index (χ0v) is 11.4. The second-order valence-electron chi connectivity index (χ2n) is 4.52. The van der Waals surface area contributed by atoms with Gasteiger partial charge in [0.05, 0.1) is 6.61 Å². The summed E-state index contributed by atoms with van der Waals surface area (Å²) in [6.07, 6.45) is 2.26. The molecule has 0 radical (unpaired) electrons. The van der Waals surface area contributed by atoms with Crippen LogP contribution in [0.1, 0.15) is 35.7 Å². The molecule has 0 fully saturated rings. The summed E-state index contributed by atoms with van der Waals surface area (Å²) in [5.74, 6) is 4.79. The van der Waals surface area contributed by atoms with Gasteiger partial charge in [-0.15, -0.1) is 0 Å². The SMILES string of the molecule is CCCCN(CCO)Cc1ccc(C(=O)NN)cc1. The number of amides is 1. The van der Waals surface area contributed by atoms with Crippen LogP contribution in [0.2, 0.25) is 0 Å². The largest absolute Gasteiger partial charge is 0.395 e. The number of nitrogens with two attached hydrogens (primary N) is 1. The minimum atomic E-state index is -0.287. The molecule has 5 heteroatoms. The molecule has 5 nitrogen and oxygen atoms in total. The van der Waals surface area contributed by atoms with Crippen LogP contribution >= 0.6 is 0 Å². The van der Waals surface area contributed by atoms with E-state index in [-0.39, 0.29) is 12.5 Å². The maximum absolute atomic E-state index is 11.3. The average Bonchev–Trinajstić information content (AvgIpc) is 2.45. The highest BCUT2D eigenvalue weighted by atomic mass is 16.3. The number of hydrogen-bond acceptors (Lipinski definition) is 4. The van der Waals surface area contributed by atoms with E-state index >= 15 is 0 Å². The Kier molecular flexibility index (Phi) is 7.10. The predicted molar refractivity (Wildman–Crippen MR) is 75.4 cm³/mol. The molecule has 0 unspecified atom stereocenters. The molecular formula is C14H23N3O2. The molecule has 19 heavy (non-hydrogen) atoms. The van der Waals surface area contributed by atoms with E-state index in [0.717, 1.165) is 31.5 Å². The Balaban J connectivity index is 2.60. The molecule has 1 rings (SSSR count). The molecule has 0 aliphatic heterocycles. The lowest BCUT2D eigenvalue weighted by atomic mass is 10.1. The number of hydrazine groups is 1. The van der Waals surface area contributed by atoms with Crippen LogP contribution in [-0.2, 0) is 6.54 Å². The van der Waals surface area contributed by atoms with E-state index in [1.54, 1.807) is 12.1 Å². The minimum Gasteiger partial charge on any atom is -0.395 e. The van der Waals surface area contributed by atoms with E-state index in [9.17, 15) is 4.79 Å². The summed E-state index contributed by atoms with van der Waals surface area (Å²) >= 11 is 0. The molecule has 0 aliphatic rings. The van der Waals surface area contributed by atoms with Gasteiger partial charge < -0.3 is 5.11 Å². The van der Waals surface area contributed by atoms with Gasteiger partial charge in [-0.05, 0) is 30.7 Å². The number of nitrogens with zero attached hydrogens (tertiary/aromatic N) is 1. The van der Waals surface area contributed by atoms with Crippen LogP contribution in [-0.4, -0.2) is 35.6 Å². The molecule has 0 aromatic heterocycles. The number of rotatable bonds is 8. The number of benzene rings is 1. The molecule has 1 amide bonds. The van der Waals surface area contributed by atoms with Crippen LogP contribution in [0.5, 0.6) is 0 Å². The van der Waals surface area contributed by atoms with Crippen molar-refractivity contribution in [3.05, 3.63) is 35.4 Å². The summed E-state index contributed by atoms with van der Waals surface area (Å²) in [7, 11) is 0. The Morgan fingerprint density at radius 3 is 2.53 bits per heavy atom. The Morgan fingerprint density at radius 1 is 1.32 bits per heavy atom. The van der Waals surface area contributed by atoms with E-state index in [1.807, 2.05) is 12.1 Å². The van der Waals surface area contributed by atoms with E-state index in [4.69, 9.17) is 10.9 Å². The second-order valence-corrected chi connectivity index (χ2v) is 4.52. The molecular weight excluding hydrogens is 242 g/mol. The minimum absolute atomic E-state index is 0.164. The van der Waals surface area contributed by atoms with Gasteiger partial charge in [0.1, 0.15) is 0 Å². The lowest BCUT2D eigenvalue weighted by molar-refractivity contribution is 0.0953. The van der Waals surface area contributed by atoms with Crippen LogP contribution in [0.15, 0.2) is 24.3 Å². The van der Waals surface area contributed by atoms with E-state index in [0.29, 0.717) is 12.1 Å². The number of carbonyl (C=O) groups is 1. The van der Waals surface area contributed by atoms with Crippen molar-refractivity contribution in [2.75, 3.05) is 19.7 Å². The monoisotopic (exact) mass is 265 g/mol. The zero-order chi connectivity index (χ0) is 14.1. The number of unbranched alkanes of at least 4 members (excludes halogenated alkanes) is 1. The molecule has 0 aliphatic carbocycles. The Morgan fingerprint density at radius 2 is 2.00 bits per heavy atom. The summed E-state index contributed by atoms with van der Waals surface area (Å²) in [5.41, 5.74) is 3.78. The van der Waals surface area contributed by atoms with Crippen LogP contribution in [0.3, 0.4) is 0 Å². The number of nitrogens with one attached hydrogen (secondary N) is 1. The molecule has 0 bridgehead atoms. The molecule has 0 spiro atoms. The predicted octanol–water partition coefficient (Wildman–Crippen LogP) is 0.885. The quantitative estimate of drug-likeness (QED) is 0.370. The van der Waals surface area contributed by atoms with Crippen molar-refractivity contribution in [1.29, 1.82) is 0 Å². The summed E-state index contributed by atoms with van der Waals surface area (Å²) in [6, 6.07) is 7.35. The third-order valence-electron chi connectivity index (χ3n) is 3.00. The Hall–Kier alpha value is -1.43. The first-order valence-corrected chi connectivity index (χ1v) is 6.64. The van der Waals surface area contributed by atoms with Gasteiger partial charge >= 0.3 is 0 Å². The van der Waals surface area contributed by atoms with Gasteiger partial charge in [-0.2, -0.15) is 0 Å². The van der Waals surface area contributed by atoms with Gasteiger partial charge in [-0.25, -0.2) is 5.84 Å². The van der Waals surface area contributed by atoms with Gasteiger partial charge in [0.25, 0.3) is 5.91 Å². The lowest BCUT2D eigenvalue weighted by Crippen LogP contribution is -2.30. The summed E-state index contributed by atoms with van der Waals surface area (Å²) in [6.45, 7) is 4.74. The molecule has 4 N–H and O–H groups in total. The summed E-state index contributed by atoms with van der Waals surface area (Å²) in [4.78, 5) is 13.5. The van der Waals surface area contributed by atoms with E-state index in [1.165, 1.54) is 0 Å². The number of aliphatic hydroxyl groups is 1. The van der Waals surface area contributed by atoms with Gasteiger partial charge in [0, 0.05) is 18.7 Å². The third-order valence-corrected chi connectivity index (χ3v) is 3.00. The first kappa shape index (κ1) is 15.6. The first-order valence-electron chi connectivity index (χ1n) is 6.64. The Labute approximate surface area is 114 Å².